The molecule has 2 aromatic carbocycles. The van der Waals surface area contributed by atoms with Gasteiger partial charge in [0.1, 0.15) is 24.0 Å². The fourth-order valence-electron chi connectivity index (χ4n) is 1.65. The fourth-order valence-corrected chi connectivity index (χ4v) is 1.90. The van der Waals surface area contributed by atoms with Crippen LogP contribution in [0.2, 0.25) is 0 Å². The molecule has 100 valence electrons. The summed E-state index contributed by atoms with van der Waals surface area (Å²) in [5.74, 6) is -0.373. The molecule has 0 amide bonds. The van der Waals surface area contributed by atoms with Crippen LogP contribution in [-0.4, -0.2) is 0 Å². The van der Waals surface area contributed by atoms with Gasteiger partial charge in [0.15, 0.2) is 0 Å². The molecule has 0 radical (unpaired) electrons. The van der Waals surface area contributed by atoms with Crippen LogP contribution < -0.4 is 10.5 Å². The Morgan fingerprint density at radius 1 is 1.05 bits per heavy atom. The number of rotatable bonds is 4. The summed E-state index contributed by atoms with van der Waals surface area (Å²) in [6.07, 6.45) is 0. The summed E-state index contributed by atoms with van der Waals surface area (Å²) in [6.45, 7) is 0.420. The lowest BCUT2D eigenvalue weighted by molar-refractivity contribution is 0.303. The lowest BCUT2D eigenvalue weighted by Gasteiger charge is -2.08. The van der Waals surface area contributed by atoms with Crippen molar-refractivity contribution < 1.29 is 13.5 Å². The van der Waals surface area contributed by atoms with Crippen LogP contribution in [0.5, 0.6) is 5.75 Å². The minimum atomic E-state index is -0.403. The molecule has 2 rings (SSSR count). The third kappa shape index (κ3) is 3.75. The molecule has 0 atom stereocenters. The smallest absolute Gasteiger partial charge is 0.141 e. The van der Waals surface area contributed by atoms with E-state index in [-0.39, 0.29) is 19.0 Å². The predicted molar refractivity (Wildman–Crippen MR) is 72.7 cm³/mol. The largest absolute Gasteiger partial charge is 0.489 e. The predicted octanol–water partition coefficient (Wildman–Crippen LogP) is 3.77. The van der Waals surface area contributed by atoms with E-state index in [2.05, 4.69) is 15.9 Å². The molecule has 2 nitrogen and oxygen atoms in total. The normalized spacial score (nSPS) is 10.5. The lowest BCUT2D eigenvalue weighted by atomic mass is 10.1. The average molecular weight is 328 g/mol. The second-order valence-corrected chi connectivity index (χ2v) is 4.89. The van der Waals surface area contributed by atoms with Gasteiger partial charge in [-0.2, -0.15) is 0 Å². The van der Waals surface area contributed by atoms with E-state index in [9.17, 15) is 8.78 Å². The van der Waals surface area contributed by atoms with Gasteiger partial charge in [0.05, 0.1) is 4.47 Å². The molecule has 0 aliphatic carbocycles. The van der Waals surface area contributed by atoms with Crippen molar-refractivity contribution in [3.05, 3.63) is 63.6 Å². The van der Waals surface area contributed by atoms with Crippen LogP contribution in [0.15, 0.2) is 40.9 Å². The van der Waals surface area contributed by atoms with Crippen molar-refractivity contribution in [2.24, 2.45) is 5.73 Å². The SMILES string of the molecule is NCc1cc(F)cc(COc2ccc(Br)c(F)c2)c1. The quantitative estimate of drug-likeness (QED) is 0.927. The molecule has 0 aromatic heterocycles. The number of hydrogen-bond acceptors (Lipinski definition) is 2. The van der Waals surface area contributed by atoms with Gasteiger partial charge in [-0.15, -0.1) is 0 Å². The summed E-state index contributed by atoms with van der Waals surface area (Å²) in [6, 6.07) is 8.97. The van der Waals surface area contributed by atoms with Gasteiger partial charge in [-0.1, -0.05) is 6.07 Å². The second-order valence-electron chi connectivity index (χ2n) is 4.04. The van der Waals surface area contributed by atoms with Gasteiger partial charge in [-0.3, -0.25) is 0 Å². The molecular formula is C14H12BrF2NO. The molecular weight excluding hydrogens is 316 g/mol. The first-order valence-corrected chi connectivity index (χ1v) is 6.44. The van der Waals surface area contributed by atoms with Crippen LogP contribution in [0, 0.1) is 11.6 Å². The van der Waals surface area contributed by atoms with Crippen LogP contribution >= 0.6 is 15.9 Å². The fraction of sp³-hybridized carbons (Fsp3) is 0.143. The topological polar surface area (TPSA) is 35.2 Å². The molecule has 0 heterocycles. The van der Waals surface area contributed by atoms with Gasteiger partial charge in [0.25, 0.3) is 0 Å². The van der Waals surface area contributed by atoms with Crippen molar-refractivity contribution in [1.29, 1.82) is 0 Å². The van der Waals surface area contributed by atoms with Gasteiger partial charge in [-0.05, 0) is 51.3 Å². The number of ether oxygens (including phenoxy) is 1. The maximum Gasteiger partial charge on any atom is 0.141 e. The Bertz CT molecular complexity index is 590. The van der Waals surface area contributed by atoms with Crippen molar-refractivity contribution in [3.63, 3.8) is 0 Å². The van der Waals surface area contributed by atoms with Gasteiger partial charge in [-0.25, -0.2) is 8.78 Å². The first kappa shape index (κ1) is 14.0. The van der Waals surface area contributed by atoms with Gasteiger partial charge < -0.3 is 10.5 Å². The Morgan fingerprint density at radius 2 is 1.79 bits per heavy atom. The van der Waals surface area contributed by atoms with E-state index in [0.29, 0.717) is 21.3 Å². The Labute approximate surface area is 118 Å². The standard InChI is InChI=1S/C14H12BrF2NO/c15-13-2-1-12(6-14(13)17)19-8-10-3-9(7-18)4-11(16)5-10/h1-6H,7-8,18H2. The van der Waals surface area contributed by atoms with Crippen LogP contribution in [0.3, 0.4) is 0 Å². The van der Waals surface area contributed by atoms with Gasteiger partial charge >= 0.3 is 0 Å². The number of hydrogen-bond donors (Lipinski definition) is 1. The third-order valence-corrected chi connectivity index (χ3v) is 3.19. The molecule has 0 spiro atoms. The highest BCUT2D eigenvalue weighted by molar-refractivity contribution is 9.10. The summed E-state index contributed by atoms with van der Waals surface area (Å²) in [4.78, 5) is 0. The molecule has 0 unspecified atom stereocenters. The van der Waals surface area contributed by atoms with E-state index in [0.717, 1.165) is 0 Å². The minimum absolute atomic E-state index is 0.159. The third-order valence-electron chi connectivity index (χ3n) is 2.55. The molecule has 0 saturated heterocycles. The number of halogens is 3. The van der Waals surface area contributed by atoms with Crippen molar-refractivity contribution in [1.82, 2.24) is 0 Å². The summed E-state index contributed by atoms with van der Waals surface area (Å²) < 4.78 is 32.3. The van der Waals surface area contributed by atoms with E-state index in [4.69, 9.17) is 10.5 Å². The van der Waals surface area contributed by atoms with E-state index in [1.165, 1.54) is 18.2 Å². The highest BCUT2D eigenvalue weighted by Crippen LogP contribution is 2.22. The van der Waals surface area contributed by atoms with E-state index < -0.39 is 5.82 Å². The van der Waals surface area contributed by atoms with Crippen molar-refractivity contribution >= 4 is 15.9 Å². The second kappa shape index (κ2) is 6.12. The molecule has 19 heavy (non-hydrogen) atoms. The summed E-state index contributed by atoms with van der Waals surface area (Å²) in [5.41, 5.74) is 6.82. The highest BCUT2D eigenvalue weighted by atomic mass is 79.9. The van der Waals surface area contributed by atoms with E-state index >= 15 is 0 Å². The number of nitrogens with two attached hydrogens (primary N) is 1. The molecule has 0 saturated carbocycles. The maximum atomic E-state index is 13.3. The minimum Gasteiger partial charge on any atom is -0.489 e. The van der Waals surface area contributed by atoms with E-state index in [1.807, 2.05) is 0 Å². The Morgan fingerprint density at radius 3 is 2.47 bits per heavy atom. The Hall–Kier alpha value is -1.46. The van der Waals surface area contributed by atoms with Crippen LogP contribution in [0.25, 0.3) is 0 Å². The molecule has 2 N–H and O–H groups in total. The Kier molecular flexibility index (Phi) is 4.50. The maximum absolute atomic E-state index is 13.3. The monoisotopic (exact) mass is 327 g/mol. The molecule has 0 fully saturated rings. The number of benzene rings is 2. The van der Waals surface area contributed by atoms with Gasteiger partial charge in [0.2, 0.25) is 0 Å². The molecule has 0 aliphatic heterocycles. The Balaban J connectivity index is 2.09. The zero-order valence-corrected chi connectivity index (χ0v) is 11.6. The van der Waals surface area contributed by atoms with Crippen LogP contribution in [0.4, 0.5) is 8.78 Å². The van der Waals surface area contributed by atoms with Crippen molar-refractivity contribution in [3.8, 4) is 5.75 Å². The molecule has 0 aliphatic rings. The highest BCUT2D eigenvalue weighted by Gasteiger charge is 2.04. The van der Waals surface area contributed by atoms with E-state index in [1.54, 1.807) is 18.2 Å². The van der Waals surface area contributed by atoms with Gasteiger partial charge in [0, 0.05) is 12.6 Å². The zero-order chi connectivity index (χ0) is 13.8. The average Bonchev–Trinajstić information content (AvgIpc) is 2.39. The molecule has 5 heteroatoms. The lowest BCUT2D eigenvalue weighted by Crippen LogP contribution is -2.01. The summed E-state index contributed by atoms with van der Waals surface area (Å²) in [5, 5.41) is 0. The molecule has 2 aromatic rings. The summed E-state index contributed by atoms with van der Waals surface area (Å²) >= 11 is 3.06. The van der Waals surface area contributed by atoms with Crippen LogP contribution in [-0.2, 0) is 13.2 Å². The first-order valence-electron chi connectivity index (χ1n) is 5.65. The summed E-state index contributed by atoms with van der Waals surface area (Å²) in [7, 11) is 0. The molecule has 0 bridgehead atoms. The van der Waals surface area contributed by atoms with Crippen molar-refractivity contribution in [2.75, 3.05) is 0 Å². The zero-order valence-electron chi connectivity index (χ0n) is 10.00. The first-order chi connectivity index (χ1) is 9.08. The van der Waals surface area contributed by atoms with Crippen molar-refractivity contribution in [2.45, 2.75) is 13.2 Å². The van der Waals surface area contributed by atoms with Crippen LogP contribution in [0.1, 0.15) is 11.1 Å².